The molecular weight excluding hydrogens is 440 g/mol. The molecule has 0 unspecified atom stereocenters. The number of nitriles is 1. The minimum atomic E-state index is -0.623. The van der Waals surface area contributed by atoms with E-state index in [-0.39, 0.29) is 17.3 Å². The molecule has 176 valence electrons. The Morgan fingerprint density at radius 2 is 1.62 bits per heavy atom. The maximum Gasteiger partial charge on any atom is 0.244 e. The predicted octanol–water partition coefficient (Wildman–Crippen LogP) is 3.34. The summed E-state index contributed by atoms with van der Waals surface area (Å²) in [6, 6.07) is 11.1. The average molecular weight is 464 g/mol. The van der Waals surface area contributed by atoms with Gasteiger partial charge in [0.2, 0.25) is 17.5 Å². The van der Waals surface area contributed by atoms with Crippen molar-refractivity contribution in [2.75, 3.05) is 35.5 Å². The molecule has 0 amide bonds. The molecule has 0 saturated heterocycles. The lowest BCUT2D eigenvalue weighted by atomic mass is 9.82. The number of nitrogens with two attached hydrogens (primary N) is 1. The molecule has 1 atom stereocenters. The first-order valence-corrected chi connectivity index (χ1v) is 10.2. The standard InChI is InChI=1S/C24H24N4O6/c1-29-13-6-7-14(16(10-13)30-2)19-15(11-25)23(26)34-24-20(19)21(27-28-24)12-8-17(31-3)22(33-5)18(9-12)32-4/h6-10,19H,26H2,1-5H3,(H,27,28)/t19-/m0/s1. The first-order chi connectivity index (χ1) is 16.5. The summed E-state index contributed by atoms with van der Waals surface area (Å²) >= 11 is 0. The van der Waals surface area contributed by atoms with Crippen molar-refractivity contribution in [3.8, 4) is 52.0 Å². The minimum Gasteiger partial charge on any atom is -0.497 e. The fourth-order valence-corrected chi connectivity index (χ4v) is 4.06. The number of nitrogens with one attached hydrogen (secondary N) is 1. The van der Waals surface area contributed by atoms with E-state index in [1.165, 1.54) is 21.3 Å². The van der Waals surface area contributed by atoms with Gasteiger partial charge in [-0.25, -0.2) is 0 Å². The average Bonchev–Trinajstić information content (AvgIpc) is 3.29. The second-order valence-electron chi connectivity index (χ2n) is 7.26. The number of aromatic amines is 1. The Morgan fingerprint density at radius 1 is 0.941 bits per heavy atom. The number of aromatic nitrogens is 2. The van der Waals surface area contributed by atoms with Crippen LogP contribution in [0.2, 0.25) is 0 Å². The van der Waals surface area contributed by atoms with Crippen molar-refractivity contribution in [2.45, 2.75) is 5.92 Å². The van der Waals surface area contributed by atoms with Gasteiger partial charge < -0.3 is 34.2 Å². The maximum absolute atomic E-state index is 9.99. The van der Waals surface area contributed by atoms with Gasteiger partial charge in [0.15, 0.2) is 11.5 Å². The van der Waals surface area contributed by atoms with Crippen LogP contribution >= 0.6 is 0 Å². The highest BCUT2D eigenvalue weighted by atomic mass is 16.5. The first kappa shape index (κ1) is 22.7. The minimum absolute atomic E-state index is 0.0270. The van der Waals surface area contributed by atoms with Crippen LogP contribution in [0.5, 0.6) is 34.6 Å². The topological polar surface area (TPSA) is 134 Å². The van der Waals surface area contributed by atoms with Gasteiger partial charge in [-0.2, -0.15) is 5.26 Å². The van der Waals surface area contributed by atoms with Gasteiger partial charge in [-0.3, -0.25) is 5.10 Å². The molecule has 0 spiro atoms. The summed E-state index contributed by atoms with van der Waals surface area (Å²) in [5.74, 6) is 2.12. The molecule has 0 saturated carbocycles. The Balaban J connectivity index is 1.98. The van der Waals surface area contributed by atoms with E-state index in [9.17, 15) is 5.26 Å². The van der Waals surface area contributed by atoms with Gasteiger partial charge in [0, 0.05) is 17.2 Å². The molecule has 1 aliphatic heterocycles. The number of hydrogen-bond acceptors (Lipinski definition) is 9. The van der Waals surface area contributed by atoms with Crippen molar-refractivity contribution in [2.24, 2.45) is 5.73 Å². The molecule has 10 heteroatoms. The van der Waals surface area contributed by atoms with Gasteiger partial charge >= 0.3 is 0 Å². The van der Waals surface area contributed by atoms with Crippen molar-refractivity contribution < 1.29 is 28.4 Å². The maximum atomic E-state index is 9.99. The summed E-state index contributed by atoms with van der Waals surface area (Å²) in [5, 5.41) is 17.3. The van der Waals surface area contributed by atoms with Crippen LogP contribution in [0.1, 0.15) is 17.0 Å². The fourth-order valence-electron chi connectivity index (χ4n) is 4.06. The molecule has 1 aliphatic rings. The Labute approximate surface area is 196 Å². The number of allylic oxidation sites excluding steroid dienone is 1. The molecule has 2 aromatic carbocycles. The second-order valence-corrected chi connectivity index (χ2v) is 7.26. The Bertz CT molecular complexity index is 1280. The summed E-state index contributed by atoms with van der Waals surface area (Å²) in [6.07, 6.45) is 0. The lowest BCUT2D eigenvalue weighted by molar-refractivity contribution is 0.324. The van der Waals surface area contributed by atoms with Crippen LogP contribution in [0.4, 0.5) is 0 Å². The van der Waals surface area contributed by atoms with Crippen molar-refractivity contribution in [1.82, 2.24) is 10.2 Å². The van der Waals surface area contributed by atoms with E-state index in [0.29, 0.717) is 51.1 Å². The van der Waals surface area contributed by atoms with Crippen molar-refractivity contribution in [1.29, 1.82) is 5.26 Å². The van der Waals surface area contributed by atoms with Gasteiger partial charge in [0.1, 0.15) is 23.1 Å². The number of H-pyrrole nitrogens is 1. The van der Waals surface area contributed by atoms with Crippen molar-refractivity contribution in [3.05, 3.63) is 52.9 Å². The van der Waals surface area contributed by atoms with Crippen LogP contribution < -0.4 is 34.2 Å². The van der Waals surface area contributed by atoms with Crippen LogP contribution in [-0.4, -0.2) is 45.7 Å². The lowest BCUT2D eigenvalue weighted by Crippen LogP contribution is -2.21. The van der Waals surface area contributed by atoms with E-state index in [0.717, 1.165) is 0 Å². The van der Waals surface area contributed by atoms with E-state index in [4.69, 9.17) is 34.2 Å². The molecule has 0 aliphatic carbocycles. The third kappa shape index (κ3) is 3.57. The van der Waals surface area contributed by atoms with Gasteiger partial charge in [-0.05, 0) is 18.2 Å². The van der Waals surface area contributed by atoms with Gasteiger partial charge in [-0.15, -0.1) is 5.10 Å². The van der Waals surface area contributed by atoms with Crippen LogP contribution in [0, 0.1) is 11.3 Å². The first-order valence-electron chi connectivity index (χ1n) is 10.2. The highest BCUT2D eigenvalue weighted by Crippen LogP contribution is 2.50. The Hall–Kier alpha value is -4.52. The highest BCUT2D eigenvalue weighted by Gasteiger charge is 2.37. The largest absolute Gasteiger partial charge is 0.497 e. The summed E-state index contributed by atoms with van der Waals surface area (Å²) < 4.78 is 33.1. The van der Waals surface area contributed by atoms with Gasteiger partial charge in [0.05, 0.1) is 52.7 Å². The number of rotatable bonds is 7. The number of benzene rings is 2. The third-order valence-electron chi connectivity index (χ3n) is 5.64. The molecule has 10 nitrogen and oxygen atoms in total. The molecule has 0 bridgehead atoms. The molecule has 3 aromatic rings. The van der Waals surface area contributed by atoms with E-state index in [1.807, 2.05) is 6.07 Å². The number of nitrogens with zero attached hydrogens (tertiary/aromatic N) is 2. The molecule has 4 rings (SSSR count). The predicted molar refractivity (Wildman–Crippen MR) is 123 cm³/mol. The zero-order chi connectivity index (χ0) is 24.4. The number of fused-ring (bicyclic) bond motifs is 1. The lowest BCUT2D eigenvalue weighted by Gasteiger charge is -2.25. The molecule has 2 heterocycles. The molecule has 1 aromatic heterocycles. The fraction of sp³-hybridized carbons (Fsp3) is 0.250. The quantitative estimate of drug-likeness (QED) is 0.540. The summed E-state index contributed by atoms with van der Waals surface area (Å²) in [6.45, 7) is 0. The van der Waals surface area contributed by atoms with Crippen LogP contribution in [0.15, 0.2) is 41.8 Å². The van der Waals surface area contributed by atoms with E-state index < -0.39 is 5.92 Å². The molecule has 3 N–H and O–H groups in total. The second kappa shape index (κ2) is 9.15. The molecule has 34 heavy (non-hydrogen) atoms. The van der Waals surface area contributed by atoms with E-state index >= 15 is 0 Å². The third-order valence-corrected chi connectivity index (χ3v) is 5.64. The zero-order valence-corrected chi connectivity index (χ0v) is 19.4. The summed E-state index contributed by atoms with van der Waals surface area (Å²) in [4.78, 5) is 0. The highest BCUT2D eigenvalue weighted by molar-refractivity contribution is 5.75. The number of methoxy groups -OCH3 is 5. The zero-order valence-electron chi connectivity index (χ0n) is 19.4. The summed E-state index contributed by atoms with van der Waals surface area (Å²) in [7, 11) is 7.72. The normalized spacial score (nSPS) is 14.5. The molecule has 0 radical (unpaired) electrons. The van der Waals surface area contributed by atoms with E-state index in [1.54, 1.807) is 38.5 Å². The van der Waals surface area contributed by atoms with E-state index in [2.05, 4.69) is 16.3 Å². The molecular formula is C24H24N4O6. The molecule has 0 fully saturated rings. The Morgan fingerprint density at radius 3 is 2.18 bits per heavy atom. The van der Waals surface area contributed by atoms with Crippen LogP contribution in [0.25, 0.3) is 11.3 Å². The van der Waals surface area contributed by atoms with Crippen molar-refractivity contribution >= 4 is 0 Å². The van der Waals surface area contributed by atoms with Crippen LogP contribution in [-0.2, 0) is 0 Å². The Kier molecular flexibility index (Phi) is 6.10. The number of hydrogen-bond donors (Lipinski definition) is 2. The van der Waals surface area contributed by atoms with Crippen molar-refractivity contribution in [3.63, 3.8) is 0 Å². The SMILES string of the molecule is COc1ccc([C@H]2C(C#N)=C(N)Oc3n[nH]c(-c4cc(OC)c(OC)c(OC)c4)c32)c(OC)c1. The van der Waals surface area contributed by atoms with Gasteiger partial charge in [-0.1, -0.05) is 6.07 Å². The summed E-state index contributed by atoms with van der Waals surface area (Å²) in [5.41, 5.74) is 8.93. The van der Waals surface area contributed by atoms with Crippen LogP contribution in [0.3, 0.4) is 0 Å². The number of ether oxygens (including phenoxy) is 6. The monoisotopic (exact) mass is 464 g/mol. The van der Waals surface area contributed by atoms with Gasteiger partial charge in [0.25, 0.3) is 0 Å². The smallest absolute Gasteiger partial charge is 0.244 e.